The molecule has 1 amide bonds. The standard InChI is InChI=1S/C24H31BrN4O2/c1-18-7-2-3-13-27(18)14-6-12-26-23(30)9-5-16-29-22-17-19(25)10-11-20(22)28-15-4-8-21(28)24(29)31/h4,8,10-11,15,17-18H,2-3,5-7,9,12-14,16H2,1H3,(H,26,30)/t18-/m0/s1. The van der Waals surface area contributed by atoms with Crippen LogP contribution in [0.5, 0.6) is 0 Å². The smallest absolute Gasteiger partial charge is 0.275 e. The summed E-state index contributed by atoms with van der Waals surface area (Å²) in [4.78, 5) is 27.8. The highest BCUT2D eigenvalue weighted by Gasteiger charge is 2.17. The molecule has 0 radical (unpaired) electrons. The van der Waals surface area contributed by atoms with Gasteiger partial charge in [-0.25, -0.2) is 0 Å². The lowest BCUT2D eigenvalue weighted by Gasteiger charge is -2.33. The lowest BCUT2D eigenvalue weighted by molar-refractivity contribution is -0.121. The minimum Gasteiger partial charge on any atom is -0.356 e. The number of nitrogens with zero attached hydrogens (tertiary/aromatic N) is 3. The highest BCUT2D eigenvalue weighted by atomic mass is 79.9. The molecule has 0 aliphatic carbocycles. The van der Waals surface area contributed by atoms with Gasteiger partial charge in [0.05, 0.1) is 11.0 Å². The first kappa shape index (κ1) is 22.1. The van der Waals surface area contributed by atoms with E-state index >= 15 is 0 Å². The van der Waals surface area contributed by atoms with Gasteiger partial charge in [-0.1, -0.05) is 22.4 Å². The van der Waals surface area contributed by atoms with Gasteiger partial charge in [0.1, 0.15) is 5.52 Å². The summed E-state index contributed by atoms with van der Waals surface area (Å²) in [5.41, 5.74) is 2.50. The highest BCUT2D eigenvalue weighted by molar-refractivity contribution is 9.10. The Bertz CT molecular complexity index is 1120. The number of carbonyl (C=O) groups is 1. The Labute approximate surface area is 191 Å². The molecule has 1 fully saturated rings. The SMILES string of the molecule is C[C@H]1CCCCN1CCCNC(=O)CCCn1c(=O)c2cccn2c2ccc(Br)cc21. The lowest BCUT2D eigenvalue weighted by atomic mass is 10.0. The van der Waals surface area contributed by atoms with E-state index in [1.165, 1.54) is 25.8 Å². The molecule has 4 rings (SSSR count). The molecule has 0 spiro atoms. The van der Waals surface area contributed by atoms with Crippen molar-refractivity contribution in [3.05, 3.63) is 51.4 Å². The van der Waals surface area contributed by atoms with E-state index in [2.05, 4.69) is 33.1 Å². The van der Waals surface area contributed by atoms with E-state index in [4.69, 9.17) is 0 Å². The molecule has 1 N–H and O–H groups in total. The topological polar surface area (TPSA) is 58.8 Å². The predicted octanol–water partition coefficient (Wildman–Crippen LogP) is 4.18. The fourth-order valence-electron chi connectivity index (χ4n) is 4.64. The number of hydrogen-bond donors (Lipinski definition) is 1. The summed E-state index contributed by atoms with van der Waals surface area (Å²) in [6.45, 7) is 5.77. The molecular formula is C24H31BrN4O2. The Morgan fingerprint density at radius 3 is 2.84 bits per heavy atom. The van der Waals surface area contributed by atoms with Crippen LogP contribution in [0, 0.1) is 0 Å². The van der Waals surface area contributed by atoms with Crippen molar-refractivity contribution in [2.24, 2.45) is 0 Å². The van der Waals surface area contributed by atoms with E-state index in [-0.39, 0.29) is 11.5 Å². The molecule has 3 heterocycles. The van der Waals surface area contributed by atoms with Crippen LogP contribution in [0.3, 0.4) is 0 Å². The predicted molar refractivity (Wildman–Crippen MR) is 129 cm³/mol. The van der Waals surface area contributed by atoms with E-state index in [1.807, 2.05) is 40.9 Å². The number of hydrogen-bond acceptors (Lipinski definition) is 3. The maximum absolute atomic E-state index is 13.0. The highest BCUT2D eigenvalue weighted by Crippen LogP contribution is 2.21. The molecule has 1 saturated heterocycles. The molecule has 2 aromatic heterocycles. The fourth-order valence-corrected chi connectivity index (χ4v) is 4.99. The second-order valence-corrected chi connectivity index (χ2v) is 9.46. The van der Waals surface area contributed by atoms with E-state index in [0.717, 1.165) is 28.5 Å². The van der Waals surface area contributed by atoms with Gasteiger partial charge in [0.25, 0.3) is 5.56 Å². The van der Waals surface area contributed by atoms with Crippen LogP contribution in [-0.4, -0.2) is 45.5 Å². The average molecular weight is 487 g/mol. The lowest BCUT2D eigenvalue weighted by Crippen LogP contribution is -2.39. The fraction of sp³-hybridized carbons (Fsp3) is 0.500. The summed E-state index contributed by atoms with van der Waals surface area (Å²) in [5, 5.41) is 3.05. The first-order valence-corrected chi connectivity index (χ1v) is 12.1. The summed E-state index contributed by atoms with van der Waals surface area (Å²) in [6, 6.07) is 10.4. The van der Waals surface area contributed by atoms with Gasteiger partial charge >= 0.3 is 0 Å². The first-order chi connectivity index (χ1) is 15.0. The van der Waals surface area contributed by atoms with Gasteiger partial charge in [0, 0.05) is 42.8 Å². The number of nitrogens with one attached hydrogen (secondary N) is 1. The Balaban J connectivity index is 1.32. The Morgan fingerprint density at radius 1 is 1.13 bits per heavy atom. The van der Waals surface area contributed by atoms with Gasteiger partial charge in [0.2, 0.25) is 5.91 Å². The number of carbonyl (C=O) groups excluding carboxylic acids is 1. The molecular weight excluding hydrogens is 456 g/mol. The van der Waals surface area contributed by atoms with Gasteiger partial charge < -0.3 is 19.2 Å². The second-order valence-electron chi connectivity index (χ2n) is 8.54. The van der Waals surface area contributed by atoms with Crippen LogP contribution in [0.15, 0.2) is 45.8 Å². The average Bonchev–Trinajstić information content (AvgIpc) is 3.25. The summed E-state index contributed by atoms with van der Waals surface area (Å²) in [6.07, 6.45) is 7.86. The van der Waals surface area contributed by atoms with Crippen molar-refractivity contribution in [2.45, 2.75) is 58.0 Å². The van der Waals surface area contributed by atoms with Gasteiger partial charge in [-0.05, 0) is 69.5 Å². The summed E-state index contributed by atoms with van der Waals surface area (Å²) in [7, 11) is 0. The maximum atomic E-state index is 13.0. The number of benzene rings is 1. The van der Waals surface area contributed by atoms with Crippen LogP contribution >= 0.6 is 15.9 Å². The number of aryl methyl sites for hydroxylation is 1. The van der Waals surface area contributed by atoms with Gasteiger partial charge in [-0.2, -0.15) is 0 Å². The Kier molecular flexibility index (Phi) is 7.13. The third kappa shape index (κ3) is 5.04. The monoisotopic (exact) mass is 486 g/mol. The Morgan fingerprint density at radius 2 is 2.00 bits per heavy atom. The van der Waals surface area contributed by atoms with Crippen LogP contribution in [0.25, 0.3) is 16.6 Å². The quantitative estimate of drug-likeness (QED) is 0.485. The van der Waals surface area contributed by atoms with Crippen molar-refractivity contribution in [1.82, 2.24) is 19.2 Å². The molecule has 0 saturated carbocycles. The van der Waals surface area contributed by atoms with Crippen LogP contribution < -0.4 is 10.9 Å². The Hall–Kier alpha value is -2.12. The largest absolute Gasteiger partial charge is 0.356 e. The minimum atomic E-state index is -0.0216. The van der Waals surface area contributed by atoms with Gasteiger partial charge in [-0.3, -0.25) is 9.59 Å². The third-order valence-corrected chi connectivity index (χ3v) is 6.86. The molecule has 31 heavy (non-hydrogen) atoms. The third-order valence-electron chi connectivity index (χ3n) is 6.37. The molecule has 166 valence electrons. The normalized spacial score (nSPS) is 17.4. The zero-order chi connectivity index (χ0) is 21.8. The van der Waals surface area contributed by atoms with E-state index in [1.54, 1.807) is 4.57 Å². The zero-order valence-corrected chi connectivity index (χ0v) is 19.7. The van der Waals surface area contributed by atoms with Crippen molar-refractivity contribution < 1.29 is 4.79 Å². The molecule has 1 aromatic carbocycles. The zero-order valence-electron chi connectivity index (χ0n) is 18.1. The van der Waals surface area contributed by atoms with Crippen molar-refractivity contribution in [3.8, 4) is 0 Å². The molecule has 0 unspecified atom stereocenters. The van der Waals surface area contributed by atoms with Gasteiger partial charge in [-0.15, -0.1) is 0 Å². The molecule has 6 nitrogen and oxygen atoms in total. The summed E-state index contributed by atoms with van der Waals surface area (Å²) < 4.78 is 4.65. The maximum Gasteiger partial charge on any atom is 0.275 e. The molecule has 1 aliphatic rings. The molecule has 0 bridgehead atoms. The number of aromatic nitrogens is 2. The number of halogens is 1. The van der Waals surface area contributed by atoms with Crippen LogP contribution in [-0.2, 0) is 11.3 Å². The first-order valence-electron chi connectivity index (χ1n) is 11.3. The van der Waals surface area contributed by atoms with Crippen molar-refractivity contribution in [2.75, 3.05) is 19.6 Å². The number of likely N-dealkylation sites (tertiary alicyclic amines) is 1. The minimum absolute atomic E-state index is 0.0216. The van der Waals surface area contributed by atoms with E-state index < -0.39 is 0 Å². The molecule has 1 aliphatic heterocycles. The molecule has 7 heteroatoms. The van der Waals surface area contributed by atoms with Gasteiger partial charge in [0.15, 0.2) is 0 Å². The number of rotatable bonds is 8. The summed E-state index contributed by atoms with van der Waals surface area (Å²) >= 11 is 3.51. The second kappa shape index (κ2) is 10.0. The van der Waals surface area contributed by atoms with Crippen LogP contribution in [0.2, 0.25) is 0 Å². The van der Waals surface area contributed by atoms with E-state index in [0.29, 0.717) is 37.5 Å². The molecule has 1 atom stereocenters. The number of fused-ring (bicyclic) bond motifs is 3. The number of amides is 1. The van der Waals surface area contributed by atoms with E-state index in [9.17, 15) is 9.59 Å². The molecule has 3 aromatic rings. The van der Waals surface area contributed by atoms with Crippen LogP contribution in [0.4, 0.5) is 0 Å². The summed E-state index contributed by atoms with van der Waals surface area (Å²) in [5.74, 6) is 0.0639. The number of piperidine rings is 1. The van der Waals surface area contributed by atoms with Crippen molar-refractivity contribution >= 4 is 38.4 Å². The van der Waals surface area contributed by atoms with Crippen molar-refractivity contribution in [1.29, 1.82) is 0 Å². The van der Waals surface area contributed by atoms with Crippen molar-refractivity contribution in [3.63, 3.8) is 0 Å². The van der Waals surface area contributed by atoms with Crippen LogP contribution in [0.1, 0.15) is 45.4 Å².